The number of aromatic nitrogens is 3. The molecule has 5 aromatic heterocycles. The van der Waals surface area contributed by atoms with Crippen LogP contribution in [0.2, 0.25) is 19.6 Å². The fourth-order valence-electron chi connectivity index (χ4n) is 7.66. The summed E-state index contributed by atoms with van der Waals surface area (Å²) in [5, 5.41) is 4.44. The van der Waals surface area contributed by atoms with E-state index in [4.69, 9.17) is 13.8 Å². The van der Waals surface area contributed by atoms with E-state index in [1.54, 1.807) is 25.3 Å². The van der Waals surface area contributed by atoms with Crippen LogP contribution in [-0.4, -0.2) is 23.0 Å². The first-order valence-corrected chi connectivity index (χ1v) is 23.3. The van der Waals surface area contributed by atoms with Crippen molar-refractivity contribution in [3.05, 3.63) is 156 Å². The molecule has 0 saturated heterocycles. The molecule has 59 heavy (non-hydrogen) atoms. The summed E-state index contributed by atoms with van der Waals surface area (Å²) >= 11 is 0. The van der Waals surface area contributed by atoms with Gasteiger partial charge in [0.05, 0.1) is 31.1 Å². The molecule has 0 aliphatic rings. The first-order valence-electron chi connectivity index (χ1n) is 19.8. The Morgan fingerprint density at radius 1 is 0.695 bits per heavy atom. The number of pyridine rings is 3. The Kier molecular flexibility index (Phi) is 11.4. The molecule has 0 fully saturated rings. The number of benzene rings is 4. The molecule has 9 rings (SSSR count). The maximum Gasteiger partial charge on any atom is 0.151 e. The minimum atomic E-state index is -1.49. The monoisotopic (exact) mass is 974 g/mol. The van der Waals surface area contributed by atoms with E-state index in [0.717, 1.165) is 67.4 Å². The third-order valence-electron chi connectivity index (χ3n) is 10.8. The zero-order valence-electron chi connectivity index (χ0n) is 35.0. The Bertz CT molecular complexity index is 2960. The molecule has 5 heterocycles. The largest absolute Gasteiger partial charge is 0.499 e. The van der Waals surface area contributed by atoms with Crippen LogP contribution < -0.4 is 5.19 Å². The van der Waals surface area contributed by atoms with Crippen molar-refractivity contribution in [1.82, 2.24) is 15.0 Å². The van der Waals surface area contributed by atoms with Gasteiger partial charge in [-0.2, -0.15) is 0 Å². The van der Waals surface area contributed by atoms with Crippen molar-refractivity contribution in [1.29, 1.82) is 0 Å². The molecular weight excluding hydrogens is 926 g/mol. The summed E-state index contributed by atoms with van der Waals surface area (Å²) in [6.07, 6.45) is 4.72. The second kappa shape index (κ2) is 16.1. The summed E-state index contributed by atoms with van der Waals surface area (Å²) < 4.78 is 26.5. The number of nitrogens with zero attached hydrogens (tertiary/aromatic N) is 3. The second-order valence-corrected chi connectivity index (χ2v) is 23.0. The molecule has 0 N–H and O–H groups in total. The summed E-state index contributed by atoms with van der Waals surface area (Å²) in [6, 6.07) is 40.6. The van der Waals surface area contributed by atoms with Gasteiger partial charge < -0.3 is 18.8 Å². The topological polar surface area (TPSA) is 65.0 Å². The van der Waals surface area contributed by atoms with Crippen LogP contribution in [-0.2, 0) is 31.9 Å². The number of rotatable bonds is 6. The maximum absolute atomic E-state index is 14.4. The van der Waals surface area contributed by atoms with Crippen molar-refractivity contribution in [2.45, 2.75) is 73.0 Å². The number of aryl methyl sites for hydroxylation is 1. The van der Waals surface area contributed by atoms with Gasteiger partial charge in [-0.1, -0.05) is 139 Å². The quantitative estimate of drug-likeness (QED) is 0.123. The minimum absolute atomic E-state index is 0. The zero-order valence-corrected chi connectivity index (χ0v) is 38.4. The van der Waals surface area contributed by atoms with Crippen molar-refractivity contribution in [2.24, 2.45) is 5.41 Å². The molecule has 9 aromatic rings. The van der Waals surface area contributed by atoms with Crippen molar-refractivity contribution < 1.29 is 33.3 Å². The molecule has 8 heteroatoms. The number of para-hydroxylation sites is 1. The van der Waals surface area contributed by atoms with E-state index < -0.39 is 8.07 Å². The van der Waals surface area contributed by atoms with E-state index in [1.165, 1.54) is 16.3 Å². The van der Waals surface area contributed by atoms with Gasteiger partial charge >= 0.3 is 0 Å². The van der Waals surface area contributed by atoms with Crippen LogP contribution in [0.15, 0.2) is 124 Å². The summed E-state index contributed by atoms with van der Waals surface area (Å²) in [6.45, 7) is 19.9. The second-order valence-electron chi connectivity index (χ2n) is 18.0. The van der Waals surface area contributed by atoms with Crippen LogP contribution in [0.1, 0.15) is 57.0 Å². The molecule has 1 radical (unpaired) electrons. The number of fused-ring (bicyclic) bond motifs is 6. The molecule has 0 spiro atoms. The van der Waals surface area contributed by atoms with Crippen LogP contribution in [0.4, 0.5) is 4.39 Å². The van der Waals surface area contributed by atoms with Gasteiger partial charge in [-0.25, -0.2) is 4.98 Å². The first kappa shape index (κ1) is 41.9. The SMILES string of the molecule is CC(C)(c1ccccc1)c1ccc2oc3c[c-]c(-c4cc5c(cn4)oc4ccccc45)cc3c2n1.Cc1cc[c-]c(-c2cc(CC(C)(C)C)c([Si](C)(C)C)cn2)c1F.[Ir]. The standard InChI is InChI=1S/C31H21N2O2.C20H27FNSi.Ir/c1-31(2,20-8-4-3-5-9-20)29-15-14-27-30(33-29)23-16-19(12-13-26(23)34-27)24-17-22-21-10-6-7-11-25(21)35-28(22)18-32-24;1-14-9-8-10-16(19(14)21)17-11-15(12-20(2,3)4)18(13-22-17)23(5,6)7;/h3-11,13-18H,1-2H3;8-9,11,13H,12H2,1-7H3;/q2*-1;. The van der Waals surface area contributed by atoms with Crippen LogP contribution in [0.3, 0.4) is 0 Å². The van der Waals surface area contributed by atoms with Crippen LogP contribution in [0.25, 0.3) is 66.5 Å². The molecule has 0 unspecified atom stereocenters. The predicted molar refractivity (Wildman–Crippen MR) is 239 cm³/mol. The van der Waals surface area contributed by atoms with Gasteiger partial charge in [0, 0.05) is 48.3 Å². The van der Waals surface area contributed by atoms with Gasteiger partial charge in [0.25, 0.3) is 0 Å². The third kappa shape index (κ3) is 8.45. The summed E-state index contributed by atoms with van der Waals surface area (Å²) in [7, 11) is -1.49. The molecule has 301 valence electrons. The first-order chi connectivity index (χ1) is 27.6. The van der Waals surface area contributed by atoms with Gasteiger partial charge in [-0.15, -0.1) is 42.0 Å². The molecule has 0 saturated carbocycles. The molecule has 5 nitrogen and oxygen atoms in total. The minimum Gasteiger partial charge on any atom is -0.499 e. The molecule has 0 amide bonds. The summed E-state index contributed by atoms with van der Waals surface area (Å²) in [5.41, 5.74) is 11.0. The van der Waals surface area contributed by atoms with E-state index in [-0.39, 0.29) is 36.8 Å². The molecule has 0 aliphatic carbocycles. The van der Waals surface area contributed by atoms with E-state index in [1.807, 2.05) is 42.6 Å². The molecule has 4 aromatic carbocycles. The number of halogens is 1. The molecular formula is C51H48FIrN3O2Si-2. The van der Waals surface area contributed by atoms with Gasteiger partial charge in [0.2, 0.25) is 0 Å². The summed E-state index contributed by atoms with van der Waals surface area (Å²) in [4.78, 5) is 14.3. The Hall–Kier alpha value is -5.27. The number of hydrogen-bond donors (Lipinski definition) is 0. The van der Waals surface area contributed by atoms with Crippen LogP contribution in [0, 0.1) is 30.3 Å². The molecule has 0 aliphatic heterocycles. The van der Waals surface area contributed by atoms with Gasteiger partial charge in [0.1, 0.15) is 11.2 Å². The van der Waals surface area contributed by atoms with E-state index in [9.17, 15) is 4.39 Å². The van der Waals surface area contributed by atoms with Crippen molar-refractivity contribution in [2.75, 3.05) is 0 Å². The number of furan rings is 2. The van der Waals surface area contributed by atoms with Crippen molar-refractivity contribution >= 4 is 57.3 Å². The smallest absolute Gasteiger partial charge is 0.151 e. The average Bonchev–Trinajstić information content (AvgIpc) is 3.75. The molecule has 0 bridgehead atoms. The zero-order chi connectivity index (χ0) is 41.0. The predicted octanol–water partition coefficient (Wildman–Crippen LogP) is 13.2. The third-order valence-corrected chi connectivity index (χ3v) is 12.9. The van der Waals surface area contributed by atoms with Gasteiger partial charge in [0.15, 0.2) is 5.58 Å². The van der Waals surface area contributed by atoms with Crippen molar-refractivity contribution in [3.63, 3.8) is 0 Å². The summed E-state index contributed by atoms with van der Waals surface area (Å²) in [5.74, 6) is -0.220. The van der Waals surface area contributed by atoms with E-state index in [0.29, 0.717) is 16.8 Å². The Morgan fingerprint density at radius 3 is 2.15 bits per heavy atom. The van der Waals surface area contributed by atoms with E-state index >= 15 is 0 Å². The van der Waals surface area contributed by atoms with Crippen molar-refractivity contribution in [3.8, 4) is 22.5 Å². The Labute approximate surface area is 360 Å². The van der Waals surface area contributed by atoms with Gasteiger partial charge in [-0.05, 0) is 57.6 Å². The van der Waals surface area contributed by atoms with E-state index in [2.05, 4.69) is 131 Å². The Morgan fingerprint density at radius 2 is 1.41 bits per heavy atom. The van der Waals surface area contributed by atoms with Crippen LogP contribution in [0.5, 0.6) is 0 Å². The normalized spacial score (nSPS) is 12.2. The fraction of sp³-hybridized carbons (Fsp3) is 0.235. The fourth-order valence-corrected chi connectivity index (χ4v) is 9.24. The van der Waals surface area contributed by atoms with Gasteiger partial charge in [-0.3, -0.25) is 4.39 Å². The average molecular weight is 974 g/mol. The van der Waals surface area contributed by atoms with Crippen LogP contribution >= 0.6 is 0 Å². The maximum atomic E-state index is 14.4. The Balaban J connectivity index is 0.000000193. The molecule has 0 atom stereocenters. The number of hydrogen-bond acceptors (Lipinski definition) is 5.